The van der Waals surface area contributed by atoms with Crippen LogP contribution in [0.2, 0.25) is 0 Å². The second-order valence-electron chi connectivity index (χ2n) is 5.03. The van der Waals surface area contributed by atoms with Crippen LogP contribution in [0.1, 0.15) is 41.2 Å². The van der Waals surface area contributed by atoms with E-state index in [1.165, 1.54) is 6.39 Å². The second-order valence-corrected chi connectivity index (χ2v) is 7.05. The van der Waals surface area contributed by atoms with E-state index in [0.29, 0.717) is 12.2 Å². The first-order chi connectivity index (χ1) is 10.3. The quantitative estimate of drug-likeness (QED) is 0.912. The van der Waals surface area contributed by atoms with E-state index in [9.17, 15) is 13.2 Å². The Kier molecular flexibility index (Phi) is 4.65. The molecule has 1 heterocycles. The summed E-state index contributed by atoms with van der Waals surface area (Å²) in [5, 5.41) is 2.87. The number of aryl methyl sites for hydroxylation is 1. The van der Waals surface area contributed by atoms with Crippen LogP contribution in [0, 0.1) is 6.92 Å². The third-order valence-electron chi connectivity index (χ3n) is 3.38. The molecule has 118 valence electrons. The highest BCUT2D eigenvalue weighted by atomic mass is 32.2. The Hall–Kier alpha value is -2.15. The summed E-state index contributed by atoms with van der Waals surface area (Å²) in [5.74, 6) is 0.144. The number of nitrogens with one attached hydrogen (secondary N) is 1. The lowest BCUT2D eigenvalue weighted by atomic mass is 10.0. The summed E-state index contributed by atoms with van der Waals surface area (Å²) in [6.07, 6.45) is 3.06. The van der Waals surface area contributed by atoms with Gasteiger partial charge in [0.15, 0.2) is 21.9 Å². The molecule has 7 heteroatoms. The van der Waals surface area contributed by atoms with E-state index in [1.54, 1.807) is 31.2 Å². The Balaban J connectivity index is 2.18. The highest BCUT2D eigenvalue weighted by molar-refractivity contribution is 7.90. The van der Waals surface area contributed by atoms with Gasteiger partial charge in [0.25, 0.3) is 5.91 Å². The summed E-state index contributed by atoms with van der Waals surface area (Å²) in [4.78, 5) is 16.3. The van der Waals surface area contributed by atoms with E-state index in [2.05, 4.69) is 10.3 Å². The second kappa shape index (κ2) is 6.31. The zero-order chi connectivity index (χ0) is 16.3. The molecule has 1 N–H and O–H groups in total. The lowest BCUT2D eigenvalue weighted by molar-refractivity contribution is 0.0929. The fraction of sp³-hybridized carbons (Fsp3) is 0.333. The van der Waals surface area contributed by atoms with Crippen LogP contribution in [-0.2, 0) is 9.84 Å². The number of oxazole rings is 1. The van der Waals surface area contributed by atoms with Gasteiger partial charge in [0.1, 0.15) is 5.76 Å². The van der Waals surface area contributed by atoms with Gasteiger partial charge in [-0.3, -0.25) is 4.79 Å². The monoisotopic (exact) mass is 322 g/mol. The van der Waals surface area contributed by atoms with E-state index in [4.69, 9.17) is 4.42 Å². The summed E-state index contributed by atoms with van der Waals surface area (Å²) < 4.78 is 28.0. The Morgan fingerprint density at radius 3 is 2.41 bits per heavy atom. The van der Waals surface area contributed by atoms with Crippen LogP contribution in [0.25, 0.3) is 0 Å². The van der Waals surface area contributed by atoms with E-state index >= 15 is 0 Å². The van der Waals surface area contributed by atoms with E-state index in [-0.39, 0.29) is 22.5 Å². The van der Waals surface area contributed by atoms with Gasteiger partial charge in [-0.05, 0) is 31.0 Å². The van der Waals surface area contributed by atoms with Crippen LogP contribution in [-0.4, -0.2) is 25.6 Å². The van der Waals surface area contributed by atoms with Crippen molar-refractivity contribution in [3.8, 4) is 0 Å². The van der Waals surface area contributed by atoms with Gasteiger partial charge < -0.3 is 9.73 Å². The third-order valence-corrected chi connectivity index (χ3v) is 4.51. The molecular formula is C15H18N2O4S. The highest BCUT2D eigenvalue weighted by Crippen LogP contribution is 2.20. The molecule has 2 aromatic rings. The van der Waals surface area contributed by atoms with E-state index in [0.717, 1.165) is 11.8 Å². The largest absolute Gasteiger partial charge is 0.448 e. The number of carbonyl (C=O) groups is 1. The summed E-state index contributed by atoms with van der Waals surface area (Å²) >= 11 is 0. The number of sulfone groups is 1. The van der Waals surface area contributed by atoms with Crippen LogP contribution >= 0.6 is 0 Å². The SMILES string of the molecule is CCC(NC(=O)c1ncoc1C)c1ccc(S(C)(=O)=O)cc1. The molecule has 1 aromatic heterocycles. The highest BCUT2D eigenvalue weighted by Gasteiger charge is 2.18. The predicted molar refractivity (Wildman–Crippen MR) is 81.3 cm³/mol. The van der Waals surface area contributed by atoms with Crippen molar-refractivity contribution in [3.05, 3.63) is 47.7 Å². The normalized spacial score (nSPS) is 12.9. The van der Waals surface area contributed by atoms with Crippen LogP contribution in [0.5, 0.6) is 0 Å². The molecule has 0 saturated heterocycles. The molecule has 0 saturated carbocycles. The molecule has 1 amide bonds. The lowest BCUT2D eigenvalue weighted by Gasteiger charge is -2.17. The molecule has 2 rings (SSSR count). The van der Waals surface area contributed by atoms with Crippen molar-refractivity contribution in [1.82, 2.24) is 10.3 Å². The number of hydrogen-bond donors (Lipinski definition) is 1. The van der Waals surface area contributed by atoms with Crippen molar-refractivity contribution in [1.29, 1.82) is 0 Å². The maximum atomic E-state index is 12.2. The molecule has 0 spiro atoms. The topological polar surface area (TPSA) is 89.3 Å². The molecule has 0 bridgehead atoms. The van der Waals surface area contributed by atoms with Crippen molar-refractivity contribution in [2.24, 2.45) is 0 Å². The summed E-state index contributed by atoms with van der Waals surface area (Å²) in [6.45, 7) is 3.61. The van der Waals surface area contributed by atoms with E-state index < -0.39 is 9.84 Å². The number of carbonyl (C=O) groups excluding carboxylic acids is 1. The zero-order valence-electron chi connectivity index (χ0n) is 12.7. The number of aromatic nitrogens is 1. The lowest BCUT2D eigenvalue weighted by Crippen LogP contribution is -2.28. The predicted octanol–water partition coefficient (Wildman–Crippen LogP) is 2.27. The third kappa shape index (κ3) is 3.54. The first-order valence-electron chi connectivity index (χ1n) is 6.84. The van der Waals surface area contributed by atoms with Gasteiger partial charge in [0.05, 0.1) is 10.9 Å². The summed E-state index contributed by atoms with van der Waals surface area (Å²) in [7, 11) is -3.23. The molecule has 6 nitrogen and oxygen atoms in total. The molecule has 0 fully saturated rings. The molecule has 0 aliphatic rings. The molecule has 0 aliphatic carbocycles. The zero-order valence-corrected chi connectivity index (χ0v) is 13.5. The summed E-state index contributed by atoms with van der Waals surface area (Å²) in [6, 6.07) is 6.28. The number of hydrogen-bond acceptors (Lipinski definition) is 5. The van der Waals surface area contributed by atoms with Crippen molar-refractivity contribution >= 4 is 15.7 Å². The average Bonchev–Trinajstić information content (AvgIpc) is 2.90. The van der Waals surface area contributed by atoms with Crippen molar-refractivity contribution in [2.75, 3.05) is 6.26 Å². The van der Waals surface area contributed by atoms with Crippen LogP contribution < -0.4 is 5.32 Å². The van der Waals surface area contributed by atoms with Crippen LogP contribution in [0.15, 0.2) is 40.0 Å². The van der Waals surface area contributed by atoms with Gasteiger partial charge in [-0.2, -0.15) is 0 Å². The van der Waals surface area contributed by atoms with Crippen LogP contribution in [0.4, 0.5) is 0 Å². The van der Waals surface area contributed by atoms with Crippen molar-refractivity contribution in [3.63, 3.8) is 0 Å². The Morgan fingerprint density at radius 2 is 1.95 bits per heavy atom. The molecule has 1 atom stereocenters. The molecular weight excluding hydrogens is 304 g/mol. The number of amides is 1. The first kappa shape index (κ1) is 16.2. The molecule has 1 aromatic carbocycles. The smallest absolute Gasteiger partial charge is 0.274 e. The number of nitrogens with zero attached hydrogens (tertiary/aromatic N) is 1. The molecule has 22 heavy (non-hydrogen) atoms. The minimum atomic E-state index is -3.23. The van der Waals surface area contributed by atoms with Crippen LogP contribution in [0.3, 0.4) is 0 Å². The Morgan fingerprint density at radius 1 is 1.32 bits per heavy atom. The maximum absolute atomic E-state index is 12.2. The van der Waals surface area contributed by atoms with Gasteiger partial charge in [0, 0.05) is 6.26 Å². The Labute approximate surface area is 129 Å². The fourth-order valence-corrected chi connectivity index (χ4v) is 2.75. The number of rotatable bonds is 5. The van der Waals surface area contributed by atoms with Gasteiger partial charge in [-0.25, -0.2) is 13.4 Å². The summed E-state index contributed by atoms with van der Waals surface area (Å²) in [5.41, 5.74) is 1.09. The van der Waals surface area contributed by atoms with Gasteiger partial charge in [-0.1, -0.05) is 19.1 Å². The van der Waals surface area contributed by atoms with E-state index in [1.807, 2.05) is 6.92 Å². The fourth-order valence-electron chi connectivity index (χ4n) is 2.12. The minimum absolute atomic E-state index is 0.225. The molecule has 0 radical (unpaired) electrons. The average molecular weight is 322 g/mol. The van der Waals surface area contributed by atoms with Crippen molar-refractivity contribution in [2.45, 2.75) is 31.2 Å². The van der Waals surface area contributed by atoms with Gasteiger partial charge in [-0.15, -0.1) is 0 Å². The molecule has 0 aliphatic heterocycles. The first-order valence-corrected chi connectivity index (χ1v) is 8.73. The minimum Gasteiger partial charge on any atom is -0.448 e. The Bertz CT molecular complexity index is 763. The molecule has 1 unspecified atom stereocenters. The van der Waals surface area contributed by atoms with Crippen molar-refractivity contribution < 1.29 is 17.6 Å². The standard InChI is InChI=1S/C15H18N2O4S/c1-4-13(17-15(18)14-10(2)21-9-16-14)11-5-7-12(8-6-11)22(3,19)20/h5-9,13H,4H2,1-3H3,(H,17,18). The maximum Gasteiger partial charge on any atom is 0.274 e. The number of benzene rings is 1. The van der Waals surface area contributed by atoms with Gasteiger partial charge in [0.2, 0.25) is 0 Å². The van der Waals surface area contributed by atoms with Gasteiger partial charge >= 0.3 is 0 Å².